The Morgan fingerprint density at radius 1 is 0.533 bits per heavy atom. The normalized spacial score (nSPS) is 11.7. The fraction of sp³-hybridized carbons (Fsp3) is 0.0233. The van der Waals surface area contributed by atoms with Gasteiger partial charge in [-0.25, -0.2) is 0 Å². The minimum absolute atomic E-state index is 0.831. The second-order valence-corrected chi connectivity index (χ2v) is 11.4. The number of aromatic nitrogens is 1. The summed E-state index contributed by atoms with van der Waals surface area (Å²) in [6, 6.07) is 50.1. The van der Waals surface area contributed by atoms with Gasteiger partial charge in [0.15, 0.2) is 0 Å². The monoisotopic (exact) mass is 577 g/mol. The molecule has 0 aliphatic carbocycles. The molecule has 0 spiro atoms. The maximum atomic E-state index is 6.34. The van der Waals surface area contributed by atoms with Gasteiger partial charge in [0.05, 0.1) is 11.0 Å². The number of furan rings is 1. The van der Waals surface area contributed by atoms with E-state index in [0.29, 0.717) is 0 Å². The molecule has 0 amide bonds. The fourth-order valence-corrected chi connectivity index (χ4v) is 6.57. The van der Waals surface area contributed by atoms with Crippen LogP contribution in [0.15, 0.2) is 157 Å². The van der Waals surface area contributed by atoms with Crippen molar-refractivity contribution >= 4 is 44.9 Å². The number of para-hydroxylation sites is 1. The third-order valence-electron chi connectivity index (χ3n) is 8.66. The molecule has 0 bridgehead atoms. The van der Waals surface area contributed by atoms with Crippen LogP contribution in [0.3, 0.4) is 0 Å². The van der Waals surface area contributed by atoms with Crippen LogP contribution in [0.5, 0.6) is 0 Å². The van der Waals surface area contributed by atoms with Gasteiger partial charge in [0, 0.05) is 27.4 Å². The summed E-state index contributed by atoms with van der Waals surface area (Å²) < 4.78 is 8.74. The fourth-order valence-electron chi connectivity index (χ4n) is 6.57. The van der Waals surface area contributed by atoms with Crippen molar-refractivity contribution in [2.45, 2.75) is 6.92 Å². The second kappa shape index (κ2) is 11.0. The Labute approximate surface area is 262 Å². The van der Waals surface area contributed by atoms with Crippen LogP contribution in [-0.4, -0.2) is 4.57 Å². The van der Waals surface area contributed by atoms with Gasteiger partial charge >= 0.3 is 0 Å². The first-order chi connectivity index (χ1) is 22.2. The second-order valence-electron chi connectivity index (χ2n) is 11.4. The average molecular weight is 578 g/mol. The highest BCUT2D eigenvalue weighted by Gasteiger charge is 2.18. The van der Waals surface area contributed by atoms with Crippen molar-refractivity contribution in [3.8, 4) is 39.1 Å². The van der Waals surface area contributed by atoms with Crippen molar-refractivity contribution in [3.63, 3.8) is 0 Å². The Hall–Kier alpha value is -5.86. The van der Waals surface area contributed by atoms with Gasteiger partial charge in [0.1, 0.15) is 11.3 Å². The molecule has 45 heavy (non-hydrogen) atoms. The number of hydrogen-bond acceptors (Lipinski definition) is 1. The standard InChI is InChI=1S/C43H31NO/c1-3-14-42-36(4-2)39-27-41-38(28-43(39)45-42)37-21-11-12-22-40(37)44(41)35-25-33(30-17-9-6-10-18-30)24-34(26-35)32-20-13-19-31(23-32)29-15-7-5-8-16-29/h3-28H,2H2,1H3/b14-3-. The molecule has 0 fully saturated rings. The first-order valence-corrected chi connectivity index (χ1v) is 15.3. The summed E-state index contributed by atoms with van der Waals surface area (Å²) in [5, 5.41) is 3.41. The van der Waals surface area contributed by atoms with Crippen molar-refractivity contribution in [1.29, 1.82) is 0 Å². The molecule has 8 aromatic rings. The molecular formula is C43H31NO. The van der Waals surface area contributed by atoms with E-state index in [9.17, 15) is 0 Å². The van der Waals surface area contributed by atoms with Crippen molar-refractivity contribution in [1.82, 2.24) is 4.57 Å². The van der Waals surface area contributed by atoms with Gasteiger partial charge in [-0.1, -0.05) is 116 Å². The maximum absolute atomic E-state index is 6.34. The molecule has 2 heteroatoms. The van der Waals surface area contributed by atoms with Gasteiger partial charge < -0.3 is 8.98 Å². The minimum Gasteiger partial charge on any atom is -0.456 e. The Morgan fingerprint density at radius 2 is 1.13 bits per heavy atom. The molecule has 0 N–H and O–H groups in total. The van der Waals surface area contributed by atoms with Crippen LogP contribution in [0.2, 0.25) is 0 Å². The molecule has 2 aromatic heterocycles. The van der Waals surface area contributed by atoms with Crippen molar-refractivity contribution in [2.24, 2.45) is 0 Å². The predicted octanol–water partition coefficient (Wildman–Crippen LogP) is 12.2. The first kappa shape index (κ1) is 26.7. The molecule has 6 aromatic carbocycles. The number of nitrogens with zero attached hydrogens (tertiary/aromatic N) is 1. The predicted molar refractivity (Wildman–Crippen MR) is 192 cm³/mol. The molecule has 2 nitrogen and oxygen atoms in total. The molecule has 0 unspecified atom stereocenters. The number of rotatable bonds is 6. The van der Waals surface area contributed by atoms with E-state index in [1.807, 2.05) is 25.2 Å². The Balaban J connectivity index is 1.42. The van der Waals surface area contributed by atoms with Crippen LogP contribution >= 0.6 is 0 Å². The van der Waals surface area contributed by atoms with E-state index >= 15 is 0 Å². The molecule has 0 aliphatic rings. The minimum atomic E-state index is 0.831. The lowest BCUT2D eigenvalue weighted by Crippen LogP contribution is -1.96. The van der Waals surface area contributed by atoms with E-state index in [0.717, 1.165) is 44.4 Å². The number of allylic oxidation sites excluding steroid dienone is 1. The quantitative estimate of drug-likeness (QED) is 0.192. The lowest BCUT2D eigenvalue weighted by Gasteiger charge is -2.15. The first-order valence-electron chi connectivity index (χ1n) is 15.3. The largest absolute Gasteiger partial charge is 0.456 e. The lowest BCUT2D eigenvalue weighted by molar-refractivity contribution is 0.603. The van der Waals surface area contributed by atoms with Crippen LogP contribution in [0.25, 0.3) is 84.0 Å². The van der Waals surface area contributed by atoms with Crippen molar-refractivity contribution in [3.05, 3.63) is 164 Å². The highest BCUT2D eigenvalue weighted by Crippen LogP contribution is 2.40. The summed E-state index contributed by atoms with van der Waals surface area (Å²) in [4.78, 5) is 0. The third-order valence-corrected chi connectivity index (χ3v) is 8.66. The zero-order valence-electron chi connectivity index (χ0n) is 25.1. The van der Waals surface area contributed by atoms with E-state index in [1.165, 1.54) is 38.8 Å². The van der Waals surface area contributed by atoms with Gasteiger partial charge in [0.2, 0.25) is 0 Å². The highest BCUT2D eigenvalue weighted by molar-refractivity contribution is 6.14. The maximum Gasteiger partial charge on any atom is 0.136 e. The van der Waals surface area contributed by atoms with Crippen LogP contribution < -0.4 is 0 Å². The zero-order chi connectivity index (χ0) is 30.3. The smallest absolute Gasteiger partial charge is 0.136 e. The van der Waals surface area contributed by atoms with Crippen LogP contribution in [0, 0.1) is 0 Å². The molecule has 0 saturated heterocycles. The SMILES string of the molecule is C=Cc1c(/C=C\C)oc2cc3c4ccccc4n(-c4cc(-c5ccccc5)cc(-c5cccc(-c6ccccc6)c5)c4)c3cc12. The Bertz CT molecular complexity index is 2390. The highest BCUT2D eigenvalue weighted by atomic mass is 16.3. The van der Waals surface area contributed by atoms with Crippen molar-refractivity contribution < 1.29 is 4.42 Å². The zero-order valence-corrected chi connectivity index (χ0v) is 25.1. The van der Waals surface area contributed by atoms with Crippen LogP contribution in [0.4, 0.5) is 0 Å². The van der Waals surface area contributed by atoms with Gasteiger partial charge in [-0.3, -0.25) is 0 Å². The van der Waals surface area contributed by atoms with Crippen LogP contribution in [0.1, 0.15) is 18.2 Å². The molecule has 0 atom stereocenters. The van der Waals surface area contributed by atoms with Gasteiger partial charge in [0.25, 0.3) is 0 Å². The van der Waals surface area contributed by atoms with E-state index in [-0.39, 0.29) is 0 Å². The van der Waals surface area contributed by atoms with Gasteiger partial charge in [-0.05, 0) is 88.8 Å². The molecule has 0 aliphatic heterocycles. The van der Waals surface area contributed by atoms with Gasteiger partial charge in [-0.15, -0.1) is 0 Å². The van der Waals surface area contributed by atoms with Crippen molar-refractivity contribution in [2.75, 3.05) is 0 Å². The van der Waals surface area contributed by atoms with E-state index in [2.05, 4.69) is 151 Å². The molecule has 2 heterocycles. The molecule has 0 saturated carbocycles. The Morgan fingerprint density at radius 3 is 1.84 bits per heavy atom. The molecule has 8 rings (SSSR count). The molecule has 0 radical (unpaired) electrons. The van der Waals surface area contributed by atoms with Crippen LogP contribution in [-0.2, 0) is 0 Å². The summed E-state index contributed by atoms with van der Waals surface area (Å²) in [5.74, 6) is 0.831. The van der Waals surface area contributed by atoms with E-state index in [4.69, 9.17) is 4.42 Å². The summed E-state index contributed by atoms with van der Waals surface area (Å²) in [5.41, 5.74) is 12.4. The molecular weight excluding hydrogens is 546 g/mol. The summed E-state index contributed by atoms with van der Waals surface area (Å²) in [7, 11) is 0. The third kappa shape index (κ3) is 4.59. The summed E-state index contributed by atoms with van der Waals surface area (Å²) >= 11 is 0. The average Bonchev–Trinajstić information content (AvgIpc) is 3.61. The lowest BCUT2D eigenvalue weighted by atomic mass is 9.95. The van der Waals surface area contributed by atoms with E-state index in [1.54, 1.807) is 0 Å². The van der Waals surface area contributed by atoms with Gasteiger partial charge in [-0.2, -0.15) is 0 Å². The van der Waals surface area contributed by atoms with E-state index < -0.39 is 0 Å². The summed E-state index contributed by atoms with van der Waals surface area (Å²) in [6.45, 7) is 6.12. The summed E-state index contributed by atoms with van der Waals surface area (Å²) in [6.07, 6.45) is 5.91. The number of hydrogen-bond donors (Lipinski definition) is 0. The molecule has 214 valence electrons. The number of benzene rings is 6. The number of fused-ring (bicyclic) bond motifs is 4. The topological polar surface area (TPSA) is 18.1 Å². The Kier molecular flexibility index (Phi) is 6.54.